The van der Waals surface area contributed by atoms with E-state index in [0.29, 0.717) is 11.0 Å². The molecule has 0 saturated carbocycles. The number of ether oxygens (including phenoxy) is 1. The Hall–Kier alpha value is -1.30. The Balaban J connectivity index is 4.38. The first-order chi connectivity index (χ1) is 7.60. The molecule has 0 aliphatic heterocycles. The van der Waals surface area contributed by atoms with Gasteiger partial charge in [0, 0.05) is 6.04 Å². The van der Waals surface area contributed by atoms with E-state index < -0.39 is 18.2 Å². The number of amides is 1. The fraction of sp³-hybridized carbons (Fsp3) is 0.818. The van der Waals surface area contributed by atoms with E-state index in [0.717, 1.165) is 0 Å². The molecule has 17 heavy (non-hydrogen) atoms. The lowest BCUT2D eigenvalue weighted by Gasteiger charge is -2.28. The molecule has 0 aromatic rings. The monoisotopic (exact) mass is 247 g/mol. The number of aliphatic carboxylic acids is 1. The molecular formula is C11H23N2O4+. The average Bonchev–Trinajstić information content (AvgIpc) is 1.95. The van der Waals surface area contributed by atoms with Crippen LogP contribution in [0, 0.1) is 0 Å². The summed E-state index contributed by atoms with van der Waals surface area (Å²) in [7, 11) is 5.75. The van der Waals surface area contributed by atoms with Crippen molar-refractivity contribution in [1.29, 1.82) is 0 Å². The minimum Gasteiger partial charge on any atom is -0.481 e. The molecule has 0 saturated heterocycles. The van der Waals surface area contributed by atoms with Gasteiger partial charge in [0.05, 0.1) is 27.6 Å². The van der Waals surface area contributed by atoms with Crippen LogP contribution in [0.3, 0.4) is 0 Å². The minimum absolute atomic E-state index is 0.0305. The number of rotatable bonds is 6. The van der Waals surface area contributed by atoms with Crippen LogP contribution in [0.4, 0.5) is 4.79 Å². The number of likely N-dealkylation sites (N-methyl/N-ethyl adjacent to an activating group) is 1. The van der Waals surface area contributed by atoms with E-state index >= 15 is 0 Å². The molecule has 0 aliphatic carbocycles. The molecule has 0 aromatic carbocycles. The van der Waals surface area contributed by atoms with Crippen molar-refractivity contribution in [2.24, 2.45) is 0 Å². The molecule has 2 N–H and O–H groups in total. The van der Waals surface area contributed by atoms with E-state index in [4.69, 9.17) is 9.84 Å². The van der Waals surface area contributed by atoms with Gasteiger partial charge in [0.25, 0.3) is 0 Å². The number of alkyl carbamates (subject to hydrolysis) is 1. The van der Waals surface area contributed by atoms with Crippen LogP contribution in [0.2, 0.25) is 0 Å². The maximum Gasteiger partial charge on any atom is 0.407 e. The van der Waals surface area contributed by atoms with Crippen LogP contribution >= 0.6 is 0 Å². The van der Waals surface area contributed by atoms with Crippen LogP contribution < -0.4 is 5.32 Å². The van der Waals surface area contributed by atoms with Gasteiger partial charge in [-0.25, -0.2) is 4.79 Å². The summed E-state index contributed by atoms with van der Waals surface area (Å²) in [6.45, 7) is 4.08. The van der Waals surface area contributed by atoms with E-state index in [2.05, 4.69) is 5.32 Å². The van der Waals surface area contributed by atoms with Crippen molar-refractivity contribution < 1.29 is 23.9 Å². The summed E-state index contributed by atoms with van der Waals surface area (Å²) in [6, 6.07) is -0.0305. The van der Waals surface area contributed by atoms with Gasteiger partial charge < -0.3 is 19.6 Å². The summed E-state index contributed by atoms with van der Waals surface area (Å²) in [4.78, 5) is 22.1. The Labute approximate surface area is 102 Å². The van der Waals surface area contributed by atoms with Crippen molar-refractivity contribution in [3.8, 4) is 0 Å². The van der Waals surface area contributed by atoms with Crippen LogP contribution in [-0.2, 0) is 9.53 Å². The normalized spacial score (nSPS) is 13.3. The lowest BCUT2D eigenvalue weighted by Crippen LogP contribution is -2.45. The first-order valence-corrected chi connectivity index (χ1v) is 5.59. The second-order valence-corrected chi connectivity index (χ2v) is 5.40. The molecule has 100 valence electrons. The summed E-state index contributed by atoms with van der Waals surface area (Å²) in [6.07, 6.45) is -1.37. The van der Waals surface area contributed by atoms with Gasteiger partial charge in [-0.2, -0.15) is 0 Å². The SMILES string of the molecule is CC(C)NC(=O)OC(CC(=O)O)C[N+](C)(C)C. The van der Waals surface area contributed by atoms with E-state index in [-0.39, 0.29) is 12.5 Å². The zero-order valence-corrected chi connectivity index (χ0v) is 11.2. The van der Waals surface area contributed by atoms with Gasteiger partial charge in [0.15, 0.2) is 6.10 Å². The zero-order chi connectivity index (χ0) is 13.6. The van der Waals surface area contributed by atoms with Gasteiger partial charge in [-0.1, -0.05) is 0 Å². The van der Waals surface area contributed by atoms with Crippen molar-refractivity contribution in [1.82, 2.24) is 5.32 Å². The average molecular weight is 247 g/mol. The molecule has 1 atom stereocenters. The summed E-state index contributed by atoms with van der Waals surface area (Å²) in [5.41, 5.74) is 0. The number of carboxylic acid groups (broad SMARTS) is 1. The molecule has 0 rings (SSSR count). The summed E-state index contributed by atoms with van der Waals surface area (Å²) in [5.74, 6) is -0.971. The Morgan fingerprint density at radius 2 is 1.82 bits per heavy atom. The molecule has 0 fully saturated rings. The third-order valence-corrected chi connectivity index (χ3v) is 1.83. The molecule has 1 unspecified atom stereocenters. The van der Waals surface area contributed by atoms with Crippen LogP contribution in [0.25, 0.3) is 0 Å². The highest BCUT2D eigenvalue weighted by Crippen LogP contribution is 2.05. The number of quaternary nitrogens is 1. The van der Waals surface area contributed by atoms with E-state index in [1.807, 2.05) is 35.0 Å². The van der Waals surface area contributed by atoms with Gasteiger partial charge in [-0.05, 0) is 13.8 Å². The van der Waals surface area contributed by atoms with Crippen LogP contribution in [-0.4, -0.2) is 61.5 Å². The molecule has 1 amide bonds. The largest absolute Gasteiger partial charge is 0.481 e. The zero-order valence-electron chi connectivity index (χ0n) is 11.2. The summed E-state index contributed by atoms with van der Waals surface area (Å²) in [5, 5.41) is 11.3. The molecule has 0 aliphatic rings. The quantitative estimate of drug-likeness (QED) is 0.676. The highest BCUT2D eigenvalue weighted by atomic mass is 16.6. The predicted octanol–water partition coefficient (Wildman–Crippen LogP) is 0.671. The standard InChI is InChI=1S/C11H22N2O4/c1-8(2)12-11(16)17-9(6-10(14)15)7-13(3,4)5/h8-9H,6-7H2,1-5H3,(H-,12,14,15,16)/p+1. The fourth-order valence-electron chi connectivity index (χ4n) is 1.37. The van der Waals surface area contributed by atoms with Crippen molar-refractivity contribution in [2.45, 2.75) is 32.4 Å². The van der Waals surface area contributed by atoms with Crippen LogP contribution in [0.15, 0.2) is 0 Å². The second-order valence-electron chi connectivity index (χ2n) is 5.40. The predicted molar refractivity (Wildman–Crippen MR) is 63.7 cm³/mol. The van der Waals surface area contributed by atoms with E-state index in [1.165, 1.54) is 0 Å². The highest BCUT2D eigenvalue weighted by molar-refractivity contribution is 5.70. The molecule has 0 bridgehead atoms. The van der Waals surface area contributed by atoms with E-state index in [1.54, 1.807) is 0 Å². The lowest BCUT2D eigenvalue weighted by molar-refractivity contribution is -0.873. The maximum absolute atomic E-state index is 11.4. The number of carboxylic acids is 1. The minimum atomic E-state index is -0.971. The highest BCUT2D eigenvalue weighted by Gasteiger charge is 2.24. The molecule has 0 radical (unpaired) electrons. The van der Waals surface area contributed by atoms with E-state index in [9.17, 15) is 9.59 Å². The molecule has 6 nitrogen and oxygen atoms in total. The Kier molecular flexibility index (Phi) is 5.95. The third kappa shape index (κ3) is 9.62. The number of hydrogen-bond acceptors (Lipinski definition) is 3. The maximum atomic E-state index is 11.4. The first-order valence-electron chi connectivity index (χ1n) is 5.59. The number of hydrogen-bond donors (Lipinski definition) is 2. The number of nitrogens with one attached hydrogen (secondary N) is 1. The van der Waals surface area contributed by atoms with Crippen LogP contribution in [0.1, 0.15) is 20.3 Å². The van der Waals surface area contributed by atoms with Crippen molar-refractivity contribution >= 4 is 12.1 Å². The van der Waals surface area contributed by atoms with Gasteiger partial charge in [0.1, 0.15) is 6.54 Å². The van der Waals surface area contributed by atoms with Gasteiger partial charge in [-0.15, -0.1) is 0 Å². The Bertz CT molecular complexity index is 271. The van der Waals surface area contributed by atoms with Gasteiger partial charge in [-0.3, -0.25) is 4.79 Å². The van der Waals surface area contributed by atoms with Gasteiger partial charge in [0.2, 0.25) is 0 Å². The molecule has 0 aromatic heterocycles. The second kappa shape index (κ2) is 6.44. The van der Waals surface area contributed by atoms with Crippen molar-refractivity contribution in [2.75, 3.05) is 27.7 Å². The Morgan fingerprint density at radius 1 is 1.29 bits per heavy atom. The van der Waals surface area contributed by atoms with Gasteiger partial charge >= 0.3 is 12.1 Å². The lowest BCUT2D eigenvalue weighted by atomic mass is 10.2. The summed E-state index contributed by atoms with van der Waals surface area (Å²) < 4.78 is 5.64. The molecule has 0 spiro atoms. The third-order valence-electron chi connectivity index (χ3n) is 1.83. The first kappa shape index (κ1) is 15.7. The number of carbonyl (C=O) groups excluding carboxylic acids is 1. The number of nitrogens with zero attached hydrogens (tertiary/aromatic N) is 1. The molecule has 6 heteroatoms. The molecule has 0 heterocycles. The van der Waals surface area contributed by atoms with Crippen molar-refractivity contribution in [3.63, 3.8) is 0 Å². The summed E-state index contributed by atoms with van der Waals surface area (Å²) >= 11 is 0. The molecular weight excluding hydrogens is 224 g/mol. The Morgan fingerprint density at radius 3 is 2.18 bits per heavy atom. The number of carbonyl (C=O) groups is 2. The van der Waals surface area contributed by atoms with Crippen molar-refractivity contribution in [3.05, 3.63) is 0 Å². The fourth-order valence-corrected chi connectivity index (χ4v) is 1.37. The topological polar surface area (TPSA) is 75.6 Å². The van der Waals surface area contributed by atoms with Crippen LogP contribution in [0.5, 0.6) is 0 Å². The smallest absolute Gasteiger partial charge is 0.407 e.